The molecule has 0 aliphatic rings. The van der Waals surface area contributed by atoms with E-state index in [4.69, 9.17) is 18.9 Å². The average molecular weight is 518 g/mol. The molecule has 0 unspecified atom stereocenters. The summed E-state index contributed by atoms with van der Waals surface area (Å²) in [6, 6.07) is 5.44. The fraction of sp³-hybridized carbons (Fsp3) is 0.444. The predicted octanol–water partition coefficient (Wildman–Crippen LogP) is 6.03. The largest absolute Gasteiger partial charge is 0.490 e. The number of nitrogens with one attached hydrogen (secondary N) is 1. The van der Waals surface area contributed by atoms with E-state index in [0.29, 0.717) is 30.3 Å². The average Bonchev–Trinajstić information content (AvgIpc) is 3.14. The predicted molar refractivity (Wildman–Crippen MR) is 141 cm³/mol. The molecule has 1 aromatic carbocycles. The van der Waals surface area contributed by atoms with E-state index in [0.717, 1.165) is 29.7 Å². The van der Waals surface area contributed by atoms with E-state index >= 15 is 0 Å². The summed E-state index contributed by atoms with van der Waals surface area (Å²) in [5, 5.41) is 2.93. The van der Waals surface area contributed by atoms with Crippen LogP contribution in [0.1, 0.15) is 78.6 Å². The fourth-order valence-electron chi connectivity index (χ4n) is 3.18. The zero-order chi connectivity index (χ0) is 26.7. The van der Waals surface area contributed by atoms with Crippen LogP contribution in [0.5, 0.6) is 11.5 Å². The van der Waals surface area contributed by atoms with Crippen molar-refractivity contribution in [3.63, 3.8) is 0 Å². The van der Waals surface area contributed by atoms with Crippen molar-refractivity contribution in [1.29, 1.82) is 0 Å². The summed E-state index contributed by atoms with van der Waals surface area (Å²) in [7, 11) is 0. The number of hydrogen-bond acceptors (Lipinski definition) is 8. The number of carbonyl (C=O) groups is 3. The standard InChI is InChI=1S/C27H35NO7S/c1-7-10-15-34-20-13-11-19(16-21(20)32-8-2)12-14-22(29)28-25-23(26(30)33-9-3)18(6)24(36-25)27(31)35-17(4)5/h11-14,16-17H,7-10,15H2,1-6H3,(H,28,29)/b14-12+. The number of thiophene rings is 1. The molecule has 1 amide bonds. The molecule has 0 aliphatic carbocycles. The van der Waals surface area contributed by atoms with Gasteiger partial charge in [-0.3, -0.25) is 4.79 Å². The lowest BCUT2D eigenvalue weighted by Gasteiger charge is -2.12. The van der Waals surface area contributed by atoms with Crippen molar-refractivity contribution in [2.45, 2.75) is 60.5 Å². The highest BCUT2D eigenvalue weighted by Crippen LogP contribution is 2.35. The highest BCUT2D eigenvalue weighted by atomic mass is 32.1. The Kier molecular flexibility index (Phi) is 11.5. The third-order valence-corrected chi connectivity index (χ3v) is 6.03. The van der Waals surface area contributed by atoms with Gasteiger partial charge in [-0.1, -0.05) is 19.4 Å². The van der Waals surface area contributed by atoms with Crippen molar-refractivity contribution < 1.29 is 33.3 Å². The fourth-order valence-corrected chi connectivity index (χ4v) is 4.26. The third-order valence-electron chi connectivity index (χ3n) is 4.84. The van der Waals surface area contributed by atoms with Crippen LogP contribution in [0.2, 0.25) is 0 Å². The molecule has 0 saturated carbocycles. The van der Waals surface area contributed by atoms with Crippen molar-refractivity contribution >= 4 is 40.3 Å². The van der Waals surface area contributed by atoms with Gasteiger partial charge in [0.2, 0.25) is 5.91 Å². The molecule has 2 rings (SSSR count). The smallest absolute Gasteiger partial charge is 0.348 e. The molecule has 1 heterocycles. The van der Waals surface area contributed by atoms with Crippen LogP contribution in [0, 0.1) is 6.92 Å². The Morgan fingerprint density at radius 3 is 2.42 bits per heavy atom. The molecular formula is C27H35NO7S. The topological polar surface area (TPSA) is 100 Å². The van der Waals surface area contributed by atoms with Crippen LogP contribution in [0.3, 0.4) is 0 Å². The molecule has 9 heteroatoms. The van der Waals surface area contributed by atoms with Crippen molar-refractivity contribution in [3.8, 4) is 11.5 Å². The van der Waals surface area contributed by atoms with E-state index in [9.17, 15) is 14.4 Å². The van der Waals surface area contributed by atoms with Gasteiger partial charge in [0.05, 0.1) is 31.5 Å². The minimum atomic E-state index is -0.617. The Morgan fingerprint density at radius 2 is 1.78 bits per heavy atom. The van der Waals surface area contributed by atoms with Crippen LogP contribution in [-0.2, 0) is 14.3 Å². The third kappa shape index (κ3) is 8.12. The Morgan fingerprint density at radius 1 is 1.03 bits per heavy atom. The van der Waals surface area contributed by atoms with Gasteiger partial charge in [-0.2, -0.15) is 0 Å². The first-order valence-electron chi connectivity index (χ1n) is 12.1. The van der Waals surface area contributed by atoms with Crippen LogP contribution in [-0.4, -0.2) is 43.8 Å². The lowest BCUT2D eigenvalue weighted by molar-refractivity contribution is -0.111. The molecule has 2 aromatic rings. The molecule has 0 radical (unpaired) electrons. The number of benzene rings is 1. The Bertz CT molecular complexity index is 1090. The van der Waals surface area contributed by atoms with E-state index < -0.39 is 17.8 Å². The van der Waals surface area contributed by atoms with Gasteiger partial charge in [0.15, 0.2) is 11.5 Å². The summed E-state index contributed by atoms with van der Waals surface area (Å²) in [6.45, 7) is 12.0. The number of carbonyl (C=O) groups excluding carboxylic acids is 3. The minimum Gasteiger partial charge on any atom is -0.490 e. The number of unbranched alkanes of at least 4 members (excludes halogenated alkanes) is 1. The second-order valence-corrected chi connectivity index (χ2v) is 9.12. The number of anilines is 1. The summed E-state index contributed by atoms with van der Waals surface area (Å²) >= 11 is 0.983. The Hall–Kier alpha value is -3.33. The molecule has 196 valence electrons. The normalized spacial score (nSPS) is 11.0. The first kappa shape index (κ1) is 28.9. The van der Waals surface area contributed by atoms with Crippen LogP contribution >= 0.6 is 11.3 Å². The van der Waals surface area contributed by atoms with Crippen molar-refractivity contribution in [2.75, 3.05) is 25.1 Å². The molecular weight excluding hydrogens is 482 g/mol. The molecule has 0 spiro atoms. The molecule has 0 fully saturated rings. The molecule has 36 heavy (non-hydrogen) atoms. The van der Waals surface area contributed by atoms with Gasteiger partial charge in [0, 0.05) is 6.08 Å². The summed E-state index contributed by atoms with van der Waals surface area (Å²) in [5.41, 5.74) is 1.29. The van der Waals surface area contributed by atoms with Crippen molar-refractivity contribution in [3.05, 3.63) is 45.8 Å². The van der Waals surface area contributed by atoms with E-state index in [-0.39, 0.29) is 28.2 Å². The number of rotatable bonds is 13. The van der Waals surface area contributed by atoms with Gasteiger partial charge < -0.3 is 24.3 Å². The lowest BCUT2D eigenvalue weighted by atomic mass is 10.1. The molecule has 1 N–H and O–H groups in total. The summed E-state index contributed by atoms with van der Waals surface area (Å²) < 4.78 is 21.9. The molecule has 0 aliphatic heterocycles. The van der Waals surface area contributed by atoms with Crippen LogP contribution in [0.25, 0.3) is 6.08 Å². The number of hydrogen-bond donors (Lipinski definition) is 1. The molecule has 0 bridgehead atoms. The summed E-state index contributed by atoms with van der Waals surface area (Å²) in [6.07, 6.45) is 4.63. The monoisotopic (exact) mass is 517 g/mol. The van der Waals surface area contributed by atoms with E-state index in [1.54, 1.807) is 39.8 Å². The number of esters is 2. The highest BCUT2D eigenvalue weighted by Gasteiger charge is 2.27. The van der Waals surface area contributed by atoms with Gasteiger partial charge in [-0.25, -0.2) is 9.59 Å². The first-order chi connectivity index (χ1) is 17.2. The zero-order valence-electron chi connectivity index (χ0n) is 21.8. The number of amides is 1. The zero-order valence-corrected chi connectivity index (χ0v) is 22.6. The van der Waals surface area contributed by atoms with E-state index in [2.05, 4.69) is 12.2 Å². The second kappa shape index (κ2) is 14.3. The second-order valence-electron chi connectivity index (χ2n) is 8.10. The van der Waals surface area contributed by atoms with Crippen molar-refractivity contribution in [1.82, 2.24) is 0 Å². The molecule has 0 atom stereocenters. The lowest BCUT2D eigenvalue weighted by Crippen LogP contribution is -2.13. The van der Waals surface area contributed by atoms with Gasteiger partial charge in [0.1, 0.15) is 9.88 Å². The van der Waals surface area contributed by atoms with Crippen LogP contribution in [0.15, 0.2) is 24.3 Å². The summed E-state index contributed by atoms with van der Waals surface area (Å²) in [4.78, 5) is 38.0. The molecule has 1 aromatic heterocycles. The maximum absolute atomic E-state index is 12.7. The summed E-state index contributed by atoms with van der Waals surface area (Å²) in [5.74, 6) is -0.386. The van der Waals surface area contributed by atoms with Crippen LogP contribution in [0.4, 0.5) is 5.00 Å². The van der Waals surface area contributed by atoms with Crippen LogP contribution < -0.4 is 14.8 Å². The van der Waals surface area contributed by atoms with Gasteiger partial charge >= 0.3 is 11.9 Å². The van der Waals surface area contributed by atoms with E-state index in [1.165, 1.54) is 6.08 Å². The van der Waals surface area contributed by atoms with Crippen molar-refractivity contribution in [2.24, 2.45) is 0 Å². The highest BCUT2D eigenvalue weighted by molar-refractivity contribution is 7.18. The van der Waals surface area contributed by atoms with Gasteiger partial charge in [-0.05, 0) is 70.4 Å². The Balaban J connectivity index is 2.25. The van der Waals surface area contributed by atoms with Gasteiger partial charge in [-0.15, -0.1) is 11.3 Å². The Labute approximate surface area is 216 Å². The quantitative estimate of drug-likeness (QED) is 0.197. The molecule has 0 saturated heterocycles. The van der Waals surface area contributed by atoms with E-state index in [1.807, 2.05) is 19.1 Å². The maximum Gasteiger partial charge on any atom is 0.348 e. The number of ether oxygens (including phenoxy) is 4. The minimum absolute atomic E-state index is 0.145. The van der Waals surface area contributed by atoms with Gasteiger partial charge in [0.25, 0.3) is 0 Å². The first-order valence-corrected chi connectivity index (χ1v) is 12.9. The molecule has 8 nitrogen and oxygen atoms in total. The maximum atomic E-state index is 12.7. The SMILES string of the molecule is CCCCOc1ccc(/C=C/C(=O)Nc2sc(C(=O)OC(C)C)c(C)c2C(=O)OCC)cc1OCC.